The molecule has 2 aromatic rings. The summed E-state index contributed by atoms with van der Waals surface area (Å²) >= 11 is 0. The van der Waals surface area contributed by atoms with Crippen LogP contribution in [-0.2, 0) is 17.9 Å². The third-order valence-electron chi connectivity index (χ3n) is 4.62. The minimum Gasteiger partial charge on any atom is -0.445 e. The number of carbonyl (C=O) groups excluding carboxylic acids is 1. The van der Waals surface area contributed by atoms with Crippen molar-refractivity contribution in [1.82, 2.24) is 10.2 Å². The molecule has 1 atom stereocenters. The zero-order valence-electron chi connectivity index (χ0n) is 14.6. The van der Waals surface area contributed by atoms with Crippen LogP contribution in [0.15, 0.2) is 60.7 Å². The highest BCUT2D eigenvalue weighted by atomic mass is 16.6. The van der Waals surface area contributed by atoms with E-state index in [1.54, 1.807) is 0 Å². The van der Waals surface area contributed by atoms with Gasteiger partial charge in [0.25, 0.3) is 0 Å². The van der Waals surface area contributed by atoms with Crippen LogP contribution in [0.1, 0.15) is 30.4 Å². The Morgan fingerprint density at radius 3 is 2.36 bits per heavy atom. The summed E-state index contributed by atoms with van der Waals surface area (Å²) in [5.41, 5.74) is 2.15. The fourth-order valence-corrected chi connectivity index (χ4v) is 3.24. The molecule has 1 amide bonds. The van der Waals surface area contributed by atoms with Crippen molar-refractivity contribution in [3.05, 3.63) is 71.8 Å². The van der Waals surface area contributed by atoms with E-state index in [2.05, 4.69) is 17.4 Å². The van der Waals surface area contributed by atoms with Crippen LogP contribution in [0.2, 0.25) is 0 Å². The van der Waals surface area contributed by atoms with Gasteiger partial charge in [0, 0.05) is 12.6 Å². The van der Waals surface area contributed by atoms with Crippen molar-refractivity contribution in [1.29, 1.82) is 0 Å². The van der Waals surface area contributed by atoms with Crippen molar-refractivity contribution in [2.45, 2.75) is 38.5 Å². The van der Waals surface area contributed by atoms with E-state index < -0.39 is 0 Å². The lowest BCUT2D eigenvalue weighted by atomic mass is 10.1. The maximum Gasteiger partial charge on any atom is 0.410 e. The molecule has 3 rings (SSSR count). The third kappa shape index (κ3) is 5.33. The predicted molar refractivity (Wildman–Crippen MR) is 99.1 cm³/mol. The first-order valence-electron chi connectivity index (χ1n) is 9.05. The number of hydrogen-bond acceptors (Lipinski definition) is 3. The smallest absolute Gasteiger partial charge is 0.410 e. The normalized spacial score (nSPS) is 17.5. The molecule has 1 saturated heterocycles. The van der Waals surface area contributed by atoms with E-state index in [0.29, 0.717) is 13.2 Å². The highest BCUT2D eigenvalue weighted by Crippen LogP contribution is 2.18. The van der Waals surface area contributed by atoms with Crippen LogP contribution in [0.25, 0.3) is 0 Å². The maximum absolute atomic E-state index is 12.8. The zero-order chi connectivity index (χ0) is 17.3. The summed E-state index contributed by atoms with van der Waals surface area (Å²) < 4.78 is 5.62. The molecule has 1 unspecified atom stereocenters. The molecule has 0 spiro atoms. The van der Waals surface area contributed by atoms with E-state index in [1.807, 2.05) is 53.4 Å². The molecule has 1 aliphatic heterocycles. The maximum atomic E-state index is 12.8. The third-order valence-corrected chi connectivity index (χ3v) is 4.62. The summed E-state index contributed by atoms with van der Waals surface area (Å²) in [6, 6.07) is 20.2. The van der Waals surface area contributed by atoms with Crippen LogP contribution in [0.5, 0.6) is 0 Å². The molecule has 4 heteroatoms. The summed E-state index contributed by atoms with van der Waals surface area (Å²) in [6.07, 6.45) is 2.84. The fourth-order valence-electron chi connectivity index (χ4n) is 3.24. The molecule has 0 aliphatic carbocycles. The Morgan fingerprint density at radius 2 is 1.64 bits per heavy atom. The Morgan fingerprint density at radius 1 is 0.960 bits per heavy atom. The quantitative estimate of drug-likeness (QED) is 0.897. The lowest BCUT2D eigenvalue weighted by molar-refractivity contribution is 0.0741. The topological polar surface area (TPSA) is 41.6 Å². The number of amides is 1. The Balaban J connectivity index is 1.68. The average molecular weight is 338 g/mol. The van der Waals surface area contributed by atoms with Crippen molar-refractivity contribution >= 4 is 6.09 Å². The molecule has 1 heterocycles. The number of hydrogen-bond donors (Lipinski definition) is 1. The van der Waals surface area contributed by atoms with Gasteiger partial charge in [-0.3, -0.25) is 0 Å². The van der Waals surface area contributed by atoms with Crippen molar-refractivity contribution in [3.63, 3.8) is 0 Å². The van der Waals surface area contributed by atoms with E-state index in [-0.39, 0.29) is 12.1 Å². The van der Waals surface area contributed by atoms with Crippen LogP contribution in [0.3, 0.4) is 0 Å². The molecule has 132 valence electrons. The molecule has 1 fully saturated rings. The van der Waals surface area contributed by atoms with Crippen molar-refractivity contribution in [2.75, 3.05) is 13.1 Å². The molecule has 1 N–H and O–H groups in total. The molecule has 1 aliphatic rings. The van der Waals surface area contributed by atoms with E-state index in [4.69, 9.17) is 4.74 Å². The Labute approximate surface area is 149 Å². The minimum atomic E-state index is -0.223. The van der Waals surface area contributed by atoms with Gasteiger partial charge < -0.3 is 15.0 Å². The first kappa shape index (κ1) is 17.5. The monoisotopic (exact) mass is 338 g/mol. The number of nitrogens with zero attached hydrogens (tertiary/aromatic N) is 1. The molecule has 0 bridgehead atoms. The van der Waals surface area contributed by atoms with Gasteiger partial charge in [-0.05, 0) is 43.5 Å². The SMILES string of the molecule is O=C(OCc1ccccc1)N(Cc1ccccc1)C1CCCNCC1. The van der Waals surface area contributed by atoms with E-state index in [0.717, 1.165) is 43.5 Å². The van der Waals surface area contributed by atoms with Crippen LogP contribution < -0.4 is 5.32 Å². The highest BCUT2D eigenvalue weighted by Gasteiger charge is 2.26. The summed E-state index contributed by atoms with van der Waals surface area (Å²) in [4.78, 5) is 14.7. The van der Waals surface area contributed by atoms with Gasteiger partial charge in [-0.1, -0.05) is 60.7 Å². The molecule has 0 aromatic heterocycles. The average Bonchev–Trinajstić information content (AvgIpc) is 2.95. The summed E-state index contributed by atoms with van der Waals surface area (Å²) in [7, 11) is 0. The van der Waals surface area contributed by atoms with Crippen molar-refractivity contribution in [2.24, 2.45) is 0 Å². The van der Waals surface area contributed by atoms with Gasteiger partial charge in [0.15, 0.2) is 0 Å². The van der Waals surface area contributed by atoms with E-state index in [1.165, 1.54) is 0 Å². The lowest BCUT2D eigenvalue weighted by Crippen LogP contribution is -2.40. The number of carbonyl (C=O) groups is 1. The van der Waals surface area contributed by atoms with Gasteiger partial charge in [-0.2, -0.15) is 0 Å². The Hall–Kier alpha value is -2.33. The Bertz CT molecular complexity index is 637. The largest absolute Gasteiger partial charge is 0.445 e. The van der Waals surface area contributed by atoms with Gasteiger partial charge in [0.05, 0.1) is 0 Å². The van der Waals surface area contributed by atoms with E-state index >= 15 is 0 Å². The summed E-state index contributed by atoms with van der Waals surface area (Å²) in [5, 5.41) is 3.41. The van der Waals surface area contributed by atoms with Gasteiger partial charge in [0.2, 0.25) is 0 Å². The second-order valence-electron chi connectivity index (χ2n) is 6.49. The molecular weight excluding hydrogens is 312 g/mol. The van der Waals surface area contributed by atoms with Crippen LogP contribution in [0.4, 0.5) is 4.79 Å². The zero-order valence-corrected chi connectivity index (χ0v) is 14.6. The van der Waals surface area contributed by atoms with Crippen LogP contribution in [-0.4, -0.2) is 30.1 Å². The molecule has 0 radical (unpaired) electrons. The fraction of sp³-hybridized carbons (Fsp3) is 0.381. The number of benzene rings is 2. The molecular formula is C21H26N2O2. The second kappa shape index (κ2) is 9.23. The van der Waals surface area contributed by atoms with Gasteiger partial charge >= 0.3 is 6.09 Å². The lowest BCUT2D eigenvalue weighted by Gasteiger charge is -2.30. The van der Waals surface area contributed by atoms with Crippen molar-refractivity contribution < 1.29 is 9.53 Å². The number of ether oxygens (including phenoxy) is 1. The van der Waals surface area contributed by atoms with Gasteiger partial charge in [-0.25, -0.2) is 4.79 Å². The summed E-state index contributed by atoms with van der Waals surface area (Å²) in [6.45, 7) is 2.88. The van der Waals surface area contributed by atoms with Crippen molar-refractivity contribution in [3.8, 4) is 0 Å². The highest BCUT2D eigenvalue weighted by molar-refractivity contribution is 5.68. The Kier molecular flexibility index (Phi) is 6.46. The van der Waals surface area contributed by atoms with Crippen LogP contribution in [0, 0.1) is 0 Å². The first-order chi connectivity index (χ1) is 12.3. The molecule has 25 heavy (non-hydrogen) atoms. The molecule has 2 aromatic carbocycles. The molecule has 4 nitrogen and oxygen atoms in total. The molecule has 0 saturated carbocycles. The van der Waals surface area contributed by atoms with E-state index in [9.17, 15) is 4.79 Å². The first-order valence-corrected chi connectivity index (χ1v) is 9.05. The summed E-state index contributed by atoms with van der Waals surface area (Å²) in [5.74, 6) is 0. The number of nitrogens with one attached hydrogen (secondary N) is 1. The second-order valence-corrected chi connectivity index (χ2v) is 6.49. The minimum absolute atomic E-state index is 0.221. The standard InChI is InChI=1S/C21H26N2O2/c24-21(25-17-19-10-5-2-6-11-19)23(16-18-8-3-1-4-9-18)20-12-7-14-22-15-13-20/h1-6,8-11,20,22H,7,12-17H2. The van der Waals surface area contributed by atoms with Crippen LogP contribution >= 0.6 is 0 Å². The number of rotatable bonds is 5. The predicted octanol–water partition coefficient (Wildman–Crippen LogP) is 3.97. The van der Waals surface area contributed by atoms with Gasteiger partial charge in [-0.15, -0.1) is 0 Å². The van der Waals surface area contributed by atoms with Gasteiger partial charge in [0.1, 0.15) is 6.61 Å².